The summed E-state index contributed by atoms with van der Waals surface area (Å²) in [4.78, 5) is 4.30. The lowest BCUT2D eigenvalue weighted by Gasteiger charge is -2.09. The van der Waals surface area contributed by atoms with Crippen LogP contribution in [0.2, 0.25) is 0 Å². The number of hydrogen-bond acceptors (Lipinski definition) is 8. The molecule has 0 amide bonds. The Labute approximate surface area is 164 Å². The number of hydrogen-bond donors (Lipinski definition) is 1. The molecule has 0 aliphatic rings. The van der Waals surface area contributed by atoms with Gasteiger partial charge in [0.15, 0.2) is 11.3 Å². The lowest BCUT2D eigenvalue weighted by molar-refractivity contribution is 0.279. The van der Waals surface area contributed by atoms with Gasteiger partial charge in [0, 0.05) is 23.0 Å². The van der Waals surface area contributed by atoms with Crippen LogP contribution in [0.15, 0.2) is 53.2 Å². The number of benzene rings is 1. The summed E-state index contributed by atoms with van der Waals surface area (Å²) < 4.78 is 12.8. The van der Waals surface area contributed by atoms with E-state index in [-0.39, 0.29) is 13.2 Å². The van der Waals surface area contributed by atoms with Crippen molar-refractivity contribution in [3.63, 3.8) is 0 Å². The Morgan fingerprint density at radius 2 is 1.97 bits per heavy atom. The van der Waals surface area contributed by atoms with Crippen LogP contribution in [0.1, 0.15) is 17.0 Å². The summed E-state index contributed by atoms with van der Waals surface area (Å²) in [6.45, 7) is 2.00. The lowest BCUT2D eigenvalue weighted by Crippen LogP contribution is -2.04. The van der Waals surface area contributed by atoms with Crippen molar-refractivity contribution in [2.45, 2.75) is 20.1 Å². The first-order valence-corrected chi connectivity index (χ1v) is 8.98. The van der Waals surface area contributed by atoms with Gasteiger partial charge in [-0.3, -0.25) is 4.98 Å². The van der Waals surface area contributed by atoms with Crippen LogP contribution in [0.5, 0.6) is 5.88 Å². The van der Waals surface area contributed by atoms with Gasteiger partial charge in [-0.15, -0.1) is 15.3 Å². The van der Waals surface area contributed by atoms with Crippen molar-refractivity contribution < 1.29 is 14.4 Å². The van der Waals surface area contributed by atoms with Gasteiger partial charge >= 0.3 is 0 Å². The van der Waals surface area contributed by atoms with E-state index in [0.29, 0.717) is 28.8 Å². The van der Waals surface area contributed by atoms with E-state index >= 15 is 0 Å². The molecule has 4 aromatic heterocycles. The molecule has 1 N–H and O–H groups in total. The fraction of sp³-hybridized carbons (Fsp3) is 0.150. The highest BCUT2D eigenvalue weighted by molar-refractivity contribution is 5.96. The summed E-state index contributed by atoms with van der Waals surface area (Å²) in [5.74, 6) is 1.58. The fourth-order valence-electron chi connectivity index (χ4n) is 3.07. The molecule has 1 aromatic carbocycles. The highest BCUT2D eigenvalue weighted by atomic mass is 16.5. The number of ether oxygens (including phenoxy) is 1. The smallest absolute Gasteiger partial charge is 0.240 e. The van der Waals surface area contributed by atoms with Crippen LogP contribution >= 0.6 is 0 Å². The van der Waals surface area contributed by atoms with Crippen LogP contribution in [0.4, 0.5) is 0 Å². The predicted molar refractivity (Wildman–Crippen MR) is 103 cm³/mol. The second-order valence-corrected chi connectivity index (χ2v) is 6.54. The second kappa shape index (κ2) is 6.95. The molecule has 0 unspecified atom stereocenters. The number of fused-ring (bicyclic) bond motifs is 3. The molecule has 0 saturated carbocycles. The highest BCUT2D eigenvalue weighted by Crippen LogP contribution is 2.29. The lowest BCUT2D eigenvalue weighted by atomic mass is 10.2. The fourth-order valence-corrected chi connectivity index (χ4v) is 3.07. The van der Waals surface area contributed by atoms with Crippen molar-refractivity contribution >= 4 is 16.4 Å². The maximum atomic E-state index is 9.15. The molecule has 29 heavy (non-hydrogen) atoms. The largest absolute Gasteiger partial charge is 0.470 e. The number of rotatable bonds is 5. The number of aliphatic hydroxyl groups excluding tert-OH is 1. The molecule has 0 spiro atoms. The van der Waals surface area contributed by atoms with Crippen molar-refractivity contribution in [1.29, 1.82) is 0 Å². The van der Waals surface area contributed by atoms with Gasteiger partial charge in [-0.1, -0.05) is 29.4 Å². The molecule has 5 rings (SSSR count). The average Bonchev–Trinajstić information content (AvgIpc) is 3.38. The maximum Gasteiger partial charge on any atom is 0.240 e. The molecule has 4 heterocycles. The molecule has 9 heteroatoms. The summed E-state index contributed by atoms with van der Waals surface area (Å²) in [7, 11) is 0. The number of aryl methyl sites for hydroxylation is 1. The van der Waals surface area contributed by atoms with Crippen molar-refractivity contribution in [2.24, 2.45) is 0 Å². The molecular formula is C20H16N6O3. The number of nitrogens with zero attached hydrogens (tertiary/aromatic N) is 6. The molecule has 0 bridgehead atoms. The summed E-state index contributed by atoms with van der Waals surface area (Å²) >= 11 is 0. The zero-order valence-corrected chi connectivity index (χ0v) is 15.5. The van der Waals surface area contributed by atoms with Gasteiger partial charge in [0.25, 0.3) is 0 Å². The van der Waals surface area contributed by atoms with Crippen molar-refractivity contribution in [2.75, 3.05) is 0 Å². The van der Waals surface area contributed by atoms with Crippen molar-refractivity contribution in [1.82, 2.24) is 30.0 Å². The Balaban J connectivity index is 1.59. The predicted octanol–water partition coefficient (Wildman–Crippen LogP) is 2.71. The Morgan fingerprint density at radius 1 is 1.10 bits per heavy atom. The Hall–Kier alpha value is -3.85. The molecular weight excluding hydrogens is 372 g/mol. The number of pyridine rings is 1. The van der Waals surface area contributed by atoms with E-state index < -0.39 is 0 Å². The summed E-state index contributed by atoms with van der Waals surface area (Å²) in [5.41, 5.74) is 2.62. The minimum Gasteiger partial charge on any atom is -0.470 e. The van der Waals surface area contributed by atoms with Gasteiger partial charge in [0.05, 0.1) is 12.3 Å². The van der Waals surface area contributed by atoms with E-state index in [2.05, 4.69) is 25.4 Å². The number of aromatic nitrogens is 6. The molecule has 0 fully saturated rings. The normalized spacial score (nSPS) is 11.4. The van der Waals surface area contributed by atoms with Crippen molar-refractivity contribution in [3.05, 3.63) is 65.7 Å². The molecule has 0 aliphatic heterocycles. The third-order valence-corrected chi connectivity index (χ3v) is 4.51. The van der Waals surface area contributed by atoms with Gasteiger partial charge < -0.3 is 14.4 Å². The van der Waals surface area contributed by atoms with E-state index in [1.54, 1.807) is 16.8 Å². The first kappa shape index (κ1) is 17.3. The third kappa shape index (κ3) is 3.07. The second-order valence-electron chi connectivity index (χ2n) is 6.54. The Kier molecular flexibility index (Phi) is 4.14. The van der Waals surface area contributed by atoms with Gasteiger partial charge in [0.2, 0.25) is 11.7 Å². The minimum atomic E-state index is -0.0467. The third-order valence-electron chi connectivity index (χ3n) is 4.51. The molecule has 144 valence electrons. The maximum absolute atomic E-state index is 9.15. The van der Waals surface area contributed by atoms with Crippen LogP contribution in [0.3, 0.4) is 0 Å². The molecule has 5 aromatic rings. The van der Waals surface area contributed by atoms with Gasteiger partial charge in [-0.05, 0) is 24.6 Å². The van der Waals surface area contributed by atoms with Crippen LogP contribution in [0, 0.1) is 6.92 Å². The molecule has 0 atom stereocenters. The van der Waals surface area contributed by atoms with E-state index in [1.807, 2.05) is 43.3 Å². The van der Waals surface area contributed by atoms with E-state index in [1.165, 1.54) is 0 Å². The van der Waals surface area contributed by atoms with E-state index in [0.717, 1.165) is 22.0 Å². The van der Waals surface area contributed by atoms with Crippen LogP contribution in [0.25, 0.3) is 27.9 Å². The summed E-state index contributed by atoms with van der Waals surface area (Å²) in [5, 5.41) is 28.0. The average molecular weight is 388 g/mol. The van der Waals surface area contributed by atoms with Crippen LogP contribution in [-0.4, -0.2) is 35.1 Å². The Bertz CT molecular complexity index is 1310. The minimum absolute atomic E-state index is 0.0467. The van der Waals surface area contributed by atoms with Gasteiger partial charge in [-0.2, -0.15) is 4.52 Å². The quantitative estimate of drug-likeness (QED) is 0.489. The first-order chi connectivity index (χ1) is 14.2. The topological polar surface area (TPSA) is 111 Å². The van der Waals surface area contributed by atoms with Crippen molar-refractivity contribution in [3.8, 4) is 17.4 Å². The summed E-state index contributed by atoms with van der Waals surface area (Å²) in [6.07, 6.45) is 1.62. The molecule has 0 radical (unpaired) electrons. The van der Waals surface area contributed by atoms with E-state index in [4.69, 9.17) is 14.4 Å². The van der Waals surface area contributed by atoms with Gasteiger partial charge in [0.1, 0.15) is 12.4 Å². The molecule has 0 saturated heterocycles. The van der Waals surface area contributed by atoms with Gasteiger partial charge in [-0.25, -0.2) is 0 Å². The SMILES string of the molecule is Cc1cc(-c2nnc3c4ccccc4c(OCc4ccc(CO)cn4)nn23)no1. The first-order valence-electron chi connectivity index (χ1n) is 8.98. The standard InChI is InChI=1S/C20H16N6O3/c1-12-8-17(25-29-12)19-23-22-18-15-4-2-3-5-16(15)20(24-26(18)19)28-11-14-7-6-13(10-27)9-21-14/h2-9,27H,10-11H2,1H3. The molecule has 9 nitrogen and oxygen atoms in total. The zero-order chi connectivity index (χ0) is 19.8. The molecule has 0 aliphatic carbocycles. The van der Waals surface area contributed by atoms with Crippen LogP contribution < -0.4 is 4.74 Å². The Morgan fingerprint density at radius 3 is 2.69 bits per heavy atom. The number of aliphatic hydroxyl groups is 1. The van der Waals surface area contributed by atoms with Crippen LogP contribution in [-0.2, 0) is 13.2 Å². The monoisotopic (exact) mass is 388 g/mol. The summed E-state index contributed by atoms with van der Waals surface area (Å²) in [6, 6.07) is 13.1. The zero-order valence-electron chi connectivity index (χ0n) is 15.5. The van der Waals surface area contributed by atoms with E-state index in [9.17, 15) is 0 Å². The highest BCUT2D eigenvalue weighted by Gasteiger charge is 2.18.